The van der Waals surface area contributed by atoms with Crippen molar-refractivity contribution < 1.29 is 0 Å². The fourth-order valence-electron chi connectivity index (χ4n) is 2.85. The van der Waals surface area contributed by atoms with Crippen molar-refractivity contribution in [2.75, 3.05) is 36.0 Å². The lowest BCUT2D eigenvalue weighted by molar-refractivity contribution is 0.642. The number of hydrogen-bond acceptors (Lipinski definition) is 7. The molecule has 0 aromatic carbocycles. The number of aromatic nitrogens is 4. The summed E-state index contributed by atoms with van der Waals surface area (Å²) in [5.74, 6) is 1.85. The summed E-state index contributed by atoms with van der Waals surface area (Å²) in [6, 6.07) is 2.17. The van der Waals surface area contributed by atoms with E-state index in [2.05, 4.69) is 42.7 Å². The number of aryl methyl sites for hydroxylation is 1. The molecule has 1 aliphatic heterocycles. The van der Waals surface area contributed by atoms with Crippen LogP contribution in [0.4, 0.5) is 11.6 Å². The third kappa shape index (κ3) is 2.82. The maximum absolute atomic E-state index is 5.93. The van der Waals surface area contributed by atoms with E-state index in [1.54, 1.807) is 30.1 Å². The third-order valence-electron chi connectivity index (χ3n) is 3.93. The number of rotatable bonds is 2. The van der Waals surface area contributed by atoms with E-state index in [1.165, 1.54) is 4.88 Å². The van der Waals surface area contributed by atoms with Gasteiger partial charge in [0.25, 0.3) is 0 Å². The Morgan fingerprint density at radius 3 is 2.65 bits per heavy atom. The third-order valence-corrected chi connectivity index (χ3v) is 5.07. The summed E-state index contributed by atoms with van der Waals surface area (Å²) < 4.78 is 0. The van der Waals surface area contributed by atoms with Crippen LogP contribution in [-0.2, 0) is 0 Å². The van der Waals surface area contributed by atoms with Gasteiger partial charge >= 0.3 is 0 Å². The van der Waals surface area contributed by atoms with Gasteiger partial charge < -0.3 is 9.80 Å². The summed E-state index contributed by atoms with van der Waals surface area (Å²) in [7, 11) is 0. The minimum Gasteiger partial charge on any atom is -0.352 e. The second-order valence-electron chi connectivity index (χ2n) is 5.45. The van der Waals surface area contributed by atoms with Gasteiger partial charge in [0.2, 0.25) is 0 Å². The van der Waals surface area contributed by atoms with Crippen molar-refractivity contribution in [1.82, 2.24) is 19.9 Å². The summed E-state index contributed by atoms with van der Waals surface area (Å²) in [5, 5.41) is 1.57. The Balaban J connectivity index is 1.55. The van der Waals surface area contributed by atoms with E-state index < -0.39 is 0 Å². The van der Waals surface area contributed by atoms with Crippen LogP contribution in [0.1, 0.15) is 4.88 Å². The van der Waals surface area contributed by atoms with Crippen molar-refractivity contribution in [1.29, 1.82) is 0 Å². The molecule has 8 heteroatoms. The molecule has 1 fully saturated rings. The highest BCUT2D eigenvalue weighted by molar-refractivity contribution is 7.18. The fraction of sp³-hybridized carbons (Fsp3) is 0.333. The maximum Gasteiger partial charge on any atom is 0.149 e. The van der Waals surface area contributed by atoms with Crippen molar-refractivity contribution >= 4 is 44.8 Å². The Bertz CT molecular complexity index is 843. The smallest absolute Gasteiger partial charge is 0.149 e. The Kier molecular flexibility index (Phi) is 3.74. The van der Waals surface area contributed by atoms with Crippen molar-refractivity contribution in [3.8, 4) is 0 Å². The lowest BCUT2D eigenvalue weighted by Gasteiger charge is -2.36. The topological polar surface area (TPSA) is 58.0 Å². The molecule has 0 amide bonds. The molecule has 0 saturated carbocycles. The van der Waals surface area contributed by atoms with Gasteiger partial charge in [0, 0.05) is 31.1 Å². The largest absolute Gasteiger partial charge is 0.352 e. The number of anilines is 2. The molecular weight excluding hydrogens is 332 g/mol. The van der Waals surface area contributed by atoms with Gasteiger partial charge in [0.15, 0.2) is 0 Å². The fourth-order valence-corrected chi connectivity index (χ4v) is 3.83. The second-order valence-corrected chi connectivity index (χ2v) is 7.07. The molecule has 0 aliphatic carbocycles. The lowest BCUT2D eigenvalue weighted by Crippen LogP contribution is -2.47. The first-order valence-electron chi connectivity index (χ1n) is 7.39. The second kappa shape index (κ2) is 5.90. The molecule has 1 aliphatic rings. The van der Waals surface area contributed by atoms with Crippen molar-refractivity contribution in [3.63, 3.8) is 0 Å². The van der Waals surface area contributed by atoms with Crippen LogP contribution in [0.15, 0.2) is 24.8 Å². The highest BCUT2D eigenvalue weighted by atomic mass is 35.5. The van der Waals surface area contributed by atoms with E-state index in [0.717, 1.165) is 48.0 Å². The molecule has 1 saturated heterocycles. The maximum atomic E-state index is 5.93. The number of piperazine rings is 1. The van der Waals surface area contributed by atoms with E-state index in [1.807, 2.05) is 0 Å². The molecule has 4 heterocycles. The zero-order valence-electron chi connectivity index (χ0n) is 12.6. The minimum atomic E-state index is 0.427. The standard InChI is InChI=1S/C15H15ClN6S/c1-10-6-11-14(18-9-19-15(11)23-10)22-4-2-21(3-5-22)13-8-17-7-12(16)20-13/h6-9H,2-5H2,1H3. The van der Waals surface area contributed by atoms with Crippen LogP contribution in [0.2, 0.25) is 5.15 Å². The number of thiophene rings is 1. The van der Waals surface area contributed by atoms with Gasteiger partial charge in [0.05, 0.1) is 17.8 Å². The van der Waals surface area contributed by atoms with Crippen molar-refractivity contribution in [2.45, 2.75) is 6.92 Å². The van der Waals surface area contributed by atoms with E-state index >= 15 is 0 Å². The molecule has 0 N–H and O–H groups in total. The average molecular weight is 347 g/mol. The van der Waals surface area contributed by atoms with Crippen molar-refractivity contribution in [3.05, 3.63) is 34.8 Å². The zero-order valence-corrected chi connectivity index (χ0v) is 14.2. The van der Waals surface area contributed by atoms with Crippen LogP contribution in [0.25, 0.3) is 10.2 Å². The summed E-state index contributed by atoms with van der Waals surface area (Å²) in [6.07, 6.45) is 4.97. The van der Waals surface area contributed by atoms with Gasteiger partial charge in [-0.15, -0.1) is 11.3 Å². The number of fused-ring (bicyclic) bond motifs is 1. The van der Waals surface area contributed by atoms with Crippen LogP contribution < -0.4 is 9.80 Å². The monoisotopic (exact) mass is 346 g/mol. The molecule has 0 unspecified atom stereocenters. The van der Waals surface area contributed by atoms with Crippen LogP contribution in [-0.4, -0.2) is 46.1 Å². The molecule has 3 aromatic heterocycles. The van der Waals surface area contributed by atoms with Gasteiger partial charge in [-0.1, -0.05) is 11.6 Å². The molecule has 6 nitrogen and oxygen atoms in total. The first-order chi connectivity index (χ1) is 11.2. The summed E-state index contributed by atoms with van der Waals surface area (Å²) in [5.41, 5.74) is 0. The zero-order chi connectivity index (χ0) is 15.8. The van der Waals surface area contributed by atoms with E-state index in [4.69, 9.17) is 11.6 Å². The van der Waals surface area contributed by atoms with Crippen molar-refractivity contribution in [2.24, 2.45) is 0 Å². The van der Waals surface area contributed by atoms with E-state index in [-0.39, 0.29) is 0 Å². The molecule has 4 rings (SSSR count). The lowest BCUT2D eigenvalue weighted by atomic mass is 10.2. The first-order valence-corrected chi connectivity index (χ1v) is 8.59. The normalized spacial score (nSPS) is 15.4. The Hall–Kier alpha value is -1.99. The van der Waals surface area contributed by atoms with Gasteiger partial charge in [0.1, 0.15) is 27.9 Å². The van der Waals surface area contributed by atoms with Gasteiger partial charge in [-0.2, -0.15) is 0 Å². The molecular formula is C15H15ClN6S. The number of nitrogens with zero attached hydrogens (tertiary/aromatic N) is 6. The predicted molar refractivity (Wildman–Crippen MR) is 93.6 cm³/mol. The van der Waals surface area contributed by atoms with Gasteiger partial charge in [-0.3, -0.25) is 4.98 Å². The molecule has 23 heavy (non-hydrogen) atoms. The van der Waals surface area contributed by atoms with E-state index in [9.17, 15) is 0 Å². The van der Waals surface area contributed by atoms with Crippen LogP contribution in [0.5, 0.6) is 0 Å². The predicted octanol–water partition coefficient (Wildman–Crippen LogP) is 2.77. The van der Waals surface area contributed by atoms with Gasteiger partial charge in [-0.25, -0.2) is 15.0 Å². The number of halogens is 1. The van der Waals surface area contributed by atoms with Gasteiger partial charge in [-0.05, 0) is 13.0 Å². The highest BCUT2D eigenvalue weighted by Gasteiger charge is 2.21. The Labute approximate surface area is 142 Å². The van der Waals surface area contributed by atoms with Crippen LogP contribution in [0, 0.1) is 6.92 Å². The number of hydrogen-bond donors (Lipinski definition) is 0. The summed E-state index contributed by atoms with van der Waals surface area (Å²) >= 11 is 7.64. The molecule has 3 aromatic rings. The minimum absolute atomic E-state index is 0.427. The summed E-state index contributed by atoms with van der Waals surface area (Å²) in [4.78, 5) is 24.1. The van der Waals surface area contributed by atoms with E-state index in [0.29, 0.717) is 5.15 Å². The van der Waals surface area contributed by atoms with Crippen LogP contribution in [0.3, 0.4) is 0 Å². The quantitative estimate of drug-likeness (QED) is 0.711. The van der Waals surface area contributed by atoms with Crippen LogP contribution >= 0.6 is 22.9 Å². The molecule has 0 spiro atoms. The Morgan fingerprint density at radius 2 is 1.87 bits per heavy atom. The SMILES string of the molecule is Cc1cc2c(N3CCN(c4cncc(Cl)n4)CC3)ncnc2s1. The highest BCUT2D eigenvalue weighted by Crippen LogP contribution is 2.30. The molecule has 118 valence electrons. The molecule has 0 radical (unpaired) electrons. The first kappa shape index (κ1) is 14.6. The molecule has 0 atom stereocenters. The molecule has 0 bridgehead atoms. The average Bonchev–Trinajstić information content (AvgIpc) is 2.95. The summed E-state index contributed by atoms with van der Waals surface area (Å²) in [6.45, 7) is 5.60. The Morgan fingerprint density at radius 1 is 1.09 bits per heavy atom.